The van der Waals surface area contributed by atoms with Gasteiger partial charge in [-0.25, -0.2) is 4.79 Å². The van der Waals surface area contributed by atoms with E-state index < -0.39 is 0 Å². The highest BCUT2D eigenvalue weighted by Gasteiger charge is 2.34. The van der Waals surface area contributed by atoms with Gasteiger partial charge in [-0.3, -0.25) is 9.59 Å². The number of anilines is 2. The molecule has 206 valence electrons. The second-order valence-corrected chi connectivity index (χ2v) is 13.6. The minimum atomic E-state index is -0.358. The van der Waals surface area contributed by atoms with Crippen LogP contribution in [0.1, 0.15) is 87.0 Å². The monoisotopic (exact) mass is 556 g/mol. The maximum Gasteiger partial charge on any atom is 0.341 e. The van der Waals surface area contributed by atoms with E-state index in [1.165, 1.54) is 34.4 Å². The largest absolute Gasteiger partial charge is 0.462 e. The Labute approximate surface area is 234 Å². The summed E-state index contributed by atoms with van der Waals surface area (Å²) in [4.78, 5) is 40.6. The molecule has 1 aromatic heterocycles. The van der Waals surface area contributed by atoms with Crippen LogP contribution < -0.4 is 10.6 Å². The van der Waals surface area contributed by atoms with E-state index in [1.807, 2.05) is 24.3 Å². The first kappa shape index (κ1) is 28.7. The molecular weight excluding hydrogens is 516 g/mol. The van der Waals surface area contributed by atoms with Crippen molar-refractivity contribution >= 4 is 51.6 Å². The van der Waals surface area contributed by atoms with E-state index in [1.54, 1.807) is 6.92 Å². The summed E-state index contributed by atoms with van der Waals surface area (Å²) in [6.07, 6.45) is 8.12. The van der Waals surface area contributed by atoms with Crippen molar-refractivity contribution in [1.29, 1.82) is 0 Å². The third-order valence-corrected chi connectivity index (χ3v) is 9.83. The van der Waals surface area contributed by atoms with Crippen molar-refractivity contribution < 1.29 is 19.1 Å². The zero-order chi connectivity index (χ0) is 27.3. The summed E-state index contributed by atoms with van der Waals surface area (Å²) < 4.78 is 5.36. The standard InChI is InChI=1S/C30H40N2O4S2/c1-5-36-29(35)26-23-15-14-20(30(2,3)4)16-24(23)38-28(26)32-25(33)18-37-22-13-9-12-21(17-22)31-27(34)19-10-7-6-8-11-19/h9,12-13,17,19-20H,5-8,10-11,14-16,18H2,1-4H3,(H,31,34)(H,32,33). The molecule has 0 bridgehead atoms. The van der Waals surface area contributed by atoms with Crippen molar-refractivity contribution in [2.45, 2.75) is 84.0 Å². The summed E-state index contributed by atoms with van der Waals surface area (Å²) in [5.41, 5.74) is 2.52. The minimum absolute atomic E-state index is 0.0893. The van der Waals surface area contributed by atoms with Gasteiger partial charge in [0.1, 0.15) is 5.00 Å². The maximum atomic E-state index is 13.0. The van der Waals surface area contributed by atoms with Gasteiger partial charge >= 0.3 is 5.97 Å². The van der Waals surface area contributed by atoms with Gasteiger partial charge in [0.2, 0.25) is 11.8 Å². The average molecular weight is 557 g/mol. The molecule has 4 rings (SSSR count). The number of esters is 1. The molecule has 1 aromatic carbocycles. The van der Waals surface area contributed by atoms with Crippen LogP contribution in [0, 0.1) is 17.3 Å². The van der Waals surface area contributed by atoms with Crippen LogP contribution >= 0.6 is 23.1 Å². The lowest BCUT2D eigenvalue weighted by Crippen LogP contribution is -2.26. The zero-order valence-electron chi connectivity index (χ0n) is 23.0. The molecule has 2 aliphatic carbocycles. The van der Waals surface area contributed by atoms with Crippen molar-refractivity contribution in [3.8, 4) is 0 Å². The first-order valence-electron chi connectivity index (χ1n) is 13.8. The van der Waals surface area contributed by atoms with Crippen LogP contribution in [0.25, 0.3) is 0 Å². The Morgan fingerprint density at radius 3 is 2.55 bits per heavy atom. The number of thioether (sulfide) groups is 1. The summed E-state index contributed by atoms with van der Waals surface area (Å²) in [7, 11) is 0. The Kier molecular flexibility index (Phi) is 9.58. The fourth-order valence-electron chi connectivity index (χ4n) is 5.42. The van der Waals surface area contributed by atoms with Crippen molar-refractivity contribution in [2.75, 3.05) is 23.0 Å². The number of nitrogens with one attached hydrogen (secondary N) is 2. The van der Waals surface area contributed by atoms with Gasteiger partial charge in [-0.2, -0.15) is 0 Å². The van der Waals surface area contributed by atoms with Gasteiger partial charge in [0.05, 0.1) is 17.9 Å². The highest BCUT2D eigenvalue weighted by Crippen LogP contribution is 2.44. The van der Waals surface area contributed by atoms with E-state index in [-0.39, 0.29) is 34.9 Å². The lowest BCUT2D eigenvalue weighted by Gasteiger charge is -2.33. The summed E-state index contributed by atoms with van der Waals surface area (Å²) in [6.45, 7) is 8.88. The van der Waals surface area contributed by atoms with Crippen LogP contribution in [0.4, 0.5) is 10.7 Å². The minimum Gasteiger partial charge on any atom is -0.462 e. The van der Waals surface area contributed by atoms with Gasteiger partial charge in [0.15, 0.2) is 0 Å². The topological polar surface area (TPSA) is 84.5 Å². The fourth-order valence-corrected chi connectivity index (χ4v) is 7.50. The number of fused-ring (bicyclic) bond motifs is 1. The molecule has 0 saturated heterocycles. The number of hydrogen-bond donors (Lipinski definition) is 2. The smallest absolute Gasteiger partial charge is 0.341 e. The number of carbonyl (C=O) groups is 3. The fraction of sp³-hybridized carbons (Fsp3) is 0.567. The van der Waals surface area contributed by atoms with Crippen LogP contribution in [0.15, 0.2) is 29.2 Å². The third kappa shape index (κ3) is 7.20. The Morgan fingerprint density at radius 2 is 1.84 bits per heavy atom. The van der Waals surface area contributed by atoms with E-state index in [9.17, 15) is 14.4 Å². The molecule has 6 nitrogen and oxygen atoms in total. The number of rotatable bonds is 8. The molecule has 8 heteroatoms. The van der Waals surface area contributed by atoms with Gasteiger partial charge in [0.25, 0.3) is 0 Å². The Balaban J connectivity index is 1.40. The van der Waals surface area contributed by atoms with Crippen molar-refractivity contribution in [3.05, 3.63) is 40.3 Å². The summed E-state index contributed by atoms with van der Waals surface area (Å²) in [5.74, 6) is 0.400. The molecule has 2 aromatic rings. The van der Waals surface area contributed by atoms with Gasteiger partial charge in [-0.1, -0.05) is 46.1 Å². The molecule has 2 amide bonds. The molecular formula is C30H40N2O4S2. The molecule has 1 heterocycles. The molecule has 1 atom stereocenters. The van der Waals surface area contributed by atoms with E-state index in [2.05, 4.69) is 31.4 Å². The zero-order valence-corrected chi connectivity index (χ0v) is 24.6. The summed E-state index contributed by atoms with van der Waals surface area (Å²) in [5, 5.41) is 6.66. The first-order chi connectivity index (χ1) is 18.2. The number of amides is 2. The molecule has 2 N–H and O–H groups in total. The Hall–Kier alpha value is -2.32. The van der Waals surface area contributed by atoms with E-state index in [0.717, 1.165) is 61.1 Å². The quantitative estimate of drug-likeness (QED) is 0.263. The van der Waals surface area contributed by atoms with Crippen LogP contribution in [0.2, 0.25) is 0 Å². The highest BCUT2D eigenvalue weighted by molar-refractivity contribution is 8.00. The highest BCUT2D eigenvalue weighted by atomic mass is 32.2. The Morgan fingerprint density at radius 1 is 1.08 bits per heavy atom. The molecule has 0 aliphatic heterocycles. The number of hydrogen-bond acceptors (Lipinski definition) is 6. The second kappa shape index (κ2) is 12.7. The number of thiophene rings is 1. The SMILES string of the molecule is CCOC(=O)c1c(NC(=O)CSc2cccc(NC(=O)C3CCCCC3)c2)sc2c1CCC(C(C)(C)C)C2. The number of benzene rings is 1. The molecule has 38 heavy (non-hydrogen) atoms. The third-order valence-electron chi connectivity index (χ3n) is 7.67. The van der Waals surface area contributed by atoms with E-state index in [0.29, 0.717) is 23.1 Å². The molecule has 0 radical (unpaired) electrons. The Bertz CT molecular complexity index is 1160. The van der Waals surface area contributed by atoms with Crippen LogP contribution in [-0.2, 0) is 27.2 Å². The van der Waals surface area contributed by atoms with Crippen molar-refractivity contribution in [3.63, 3.8) is 0 Å². The molecule has 1 fully saturated rings. The maximum absolute atomic E-state index is 13.0. The van der Waals surface area contributed by atoms with E-state index >= 15 is 0 Å². The second-order valence-electron chi connectivity index (χ2n) is 11.4. The van der Waals surface area contributed by atoms with E-state index in [4.69, 9.17) is 4.74 Å². The number of ether oxygens (including phenoxy) is 1. The van der Waals surface area contributed by atoms with Crippen LogP contribution in [0.5, 0.6) is 0 Å². The lowest BCUT2D eigenvalue weighted by molar-refractivity contribution is -0.120. The molecule has 2 aliphatic rings. The summed E-state index contributed by atoms with van der Waals surface area (Å²) in [6, 6.07) is 7.64. The van der Waals surface area contributed by atoms with Gasteiger partial charge < -0.3 is 15.4 Å². The predicted octanol–water partition coefficient (Wildman–Crippen LogP) is 7.33. The number of carbonyl (C=O) groups excluding carboxylic acids is 3. The lowest BCUT2D eigenvalue weighted by atomic mass is 9.72. The first-order valence-corrected chi connectivity index (χ1v) is 15.6. The van der Waals surface area contributed by atoms with Gasteiger partial charge in [0, 0.05) is 21.4 Å². The molecule has 1 saturated carbocycles. The summed E-state index contributed by atoms with van der Waals surface area (Å²) >= 11 is 2.93. The van der Waals surface area contributed by atoms with Crippen molar-refractivity contribution in [2.24, 2.45) is 17.3 Å². The van der Waals surface area contributed by atoms with Crippen LogP contribution in [0.3, 0.4) is 0 Å². The van der Waals surface area contributed by atoms with Crippen molar-refractivity contribution in [1.82, 2.24) is 0 Å². The average Bonchev–Trinajstić information content (AvgIpc) is 3.25. The predicted molar refractivity (Wildman–Crippen MR) is 156 cm³/mol. The molecule has 1 unspecified atom stereocenters. The normalized spacial score (nSPS) is 17.9. The van der Waals surface area contributed by atoms with Gasteiger partial charge in [-0.05, 0) is 74.1 Å². The van der Waals surface area contributed by atoms with Gasteiger partial charge in [-0.15, -0.1) is 23.1 Å². The molecule has 0 spiro atoms. The van der Waals surface area contributed by atoms with Crippen LogP contribution in [-0.4, -0.2) is 30.1 Å².